The van der Waals surface area contributed by atoms with Crippen LogP contribution >= 0.6 is 0 Å². The van der Waals surface area contributed by atoms with E-state index >= 15 is 0 Å². The quantitative estimate of drug-likeness (QED) is 0.802. The van der Waals surface area contributed by atoms with Crippen molar-refractivity contribution in [2.45, 2.75) is 44.6 Å². The molecule has 0 bridgehead atoms. The molecule has 1 aromatic heterocycles. The Morgan fingerprint density at radius 1 is 1.35 bits per heavy atom. The predicted molar refractivity (Wildman–Crippen MR) is 81.6 cm³/mol. The van der Waals surface area contributed by atoms with Crippen molar-refractivity contribution in [1.29, 1.82) is 0 Å². The molecule has 2 nitrogen and oxygen atoms in total. The summed E-state index contributed by atoms with van der Waals surface area (Å²) in [6.07, 6.45) is 13.3. The maximum absolute atomic E-state index is 4.15. The van der Waals surface area contributed by atoms with Crippen molar-refractivity contribution in [1.82, 2.24) is 9.55 Å². The maximum atomic E-state index is 4.15. The number of hydrogen-bond acceptors (Lipinski definition) is 1. The Morgan fingerprint density at radius 2 is 2.30 bits per heavy atom. The van der Waals surface area contributed by atoms with E-state index in [1.54, 1.807) is 11.1 Å². The zero-order valence-electron chi connectivity index (χ0n) is 12.0. The SMILES string of the molecule is CC12CCCc3cccc(c31)C=C(Cn1ccnc1)C2. The Hall–Kier alpha value is -1.83. The average Bonchev–Trinajstić information content (AvgIpc) is 2.91. The number of benzene rings is 1. The molecule has 0 fully saturated rings. The summed E-state index contributed by atoms with van der Waals surface area (Å²) in [7, 11) is 0. The molecule has 0 saturated carbocycles. The molecule has 102 valence electrons. The number of nitrogens with zero attached hydrogens (tertiary/aromatic N) is 2. The Labute approximate surface area is 120 Å². The third kappa shape index (κ3) is 1.82. The van der Waals surface area contributed by atoms with Crippen molar-refractivity contribution in [3.8, 4) is 0 Å². The van der Waals surface area contributed by atoms with Crippen LogP contribution in [0, 0.1) is 0 Å². The van der Waals surface area contributed by atoms with Crippen molar-refractivity contribution in [3.63, 3.8) is 0 Å². The predicted octanol–water partition coefficient (Wildman–Crippen LogP) is 3.96. The van der Waals surface area contributed by atoms with Crippen molar-refractivity contribution in [2.75, 3.05) is 0 Å². The Balaban J connectivity index is 1.78. The topological polar surface area (TPSA) is 17.8 Å². The van der Waals surface area contributed by atoms with Gasteiger partial charge in [0.25, 0.3) is 0 Å². The third-order valence-corrected chi connectivity index (χ3v) is 4.88. The smallest absolute Gasteiger partial charge is 0.0948 e. The molecule has 0 spiro atoms. The highest BCUT2D eigenvalue weighted by atomic mass is 15.0. The number of rotatable bonds is 2. The van der Waals surface area contributed by atoms with Crippen LogP contribution in [-0.2, 0) is 18.4 Å². The Kier molecular flexibility index (Phi) is 2.59. The number of aromatic nitrogens is 2. The van der Waals surface area contributed by atoms with E-state index in [0.717, 1.165) is 6.54 Å². The molecule has 2 aliphatic carbocycles. The Bertz CT molecular complexity index is 667. The summed E-state index contributed by atoms with van der Waals surface area (Å²) in [5.41, 5.74) is 6.52. The lowest BCUT2D eigenvalue weighted by atomic mass is 9.64. The Morgan fingerprint density at radius 3 is 3.15 bits per heavy atom. The highest BCUT2D eigenvalue weighted by Crippen LogP contribution is 2.47. The molecule has 1 aromatic carbocycles. The summed E-state index contributed by atoms with van der Waals surface area (Å²) in [4.78, 5) is 4.15. The fourth-order valence-electron chi connectivity index (χ4n) is 4.14. The molecule has 1 unspecified atom stereocenters. The molecule has 4 rings (SSSR count). The molecule has 0 amide bonds. The maximum Gasteiger partial charge on any atom is 0.0948 e. The van der Waals surface area contributed by atoms with Crippen LogP contribution in [0.1, 0.15) is 42.9 Å². The van der Waals surface area contributed by atoms with Gasteiger partial charge in [-0.15, -0.1) is 0 Å². The molecule has 0 saturated heterocycles. The number of allylic oxidation sites excluding steroid dienone is 1. The van der Waals surface area contributed by atoms with Crippen LogP contribution in [0.25, 0.3) is 6.08 Å². The molecular weight excluding hydrogens is 244 g/mol. The third-order valence-electron chi connectivity index (χ3n) is 4.88. The van der Waals surface area contributed by atoms with Crippen molar-refractivity contribution < 1.29 is 0 Å². The van der Waals surface area contributed by atoms with Gasteiger partial charge in [0, 0.05) is 18.9 Å². The van der Waals surface area contributed by atoms with Crippen LogP contribution < -0.4 is 0 Å². The minimum absolute atomic E-state index is 0.342. The highest BCUT2D eigenvalue weighted by molar-refractivity contribution is 5.65. The van der Waals surface area contributed by atoms with Gasteiger partial charge in [0.2, 0.25) is 0 Å². The van der Waals surface area contributed by atoms with Crippen LogP contribution in [0.15, 0.2) is 42.5 Å². The summed E-state index contributed by atoms with van der Waals surface area (Å²) in [5, 5.41) is 0. The first-order valence-electron chi connectivity index (χ1n) is 7.52. The molecule has 2 aromatic rings. The van der Waals surface area contributed by atoms with Gasteiger partial charge >= 0.3 is 0 Å². The monoisotopic (exact) mass is 264 g/mol. The van der Waals surface area contributed by atoms with Gasteiger partial charge in [-0.1, -0.05) is 31.2 Å². The lowest BCUT2D eigenvalue weighted by Crippen LogP contribution is -2.32. The van der Waals surface area contributed by atoms with Crippen molar-refractivity contribution >= 4 is 6.08 Å². The van der Waals surface area contributed by atoms with Gasteiger partial charge in [-0.3, -0.25) is 0 Å². The van der Waals surface area contributed by atoms with E-state index in [2.05, 4.69) is 46.9 Å². The van der Waals surface area contributed by atoms with E-state index in [9.17, 15) is 0 Å². The number of aryl methyl sites for hydroxylation is 1. The number of imidazole rings is 1. The van der Waals surface area contributed by atoms with Gasteiger partial charge in [0.15, 0.2) is 0 Å². The zero-order chi connectivity index (χ0) is 13.6. The van der Waals surface area contributed by atoms with Gasteiger partial charge in [-0.05, 0) is 53.4 Å². The van der Waals surface area contributed by atoms with Crippen molar-refractivity contribution in [3.05, 3.63) is 59.2 Å². The van der Waals surface area contributed by atoms with Gasteiger partial charge in [0.05, 0.1) is 6.33 Å². The standard InChI is InChI=1S/C18H20N2/c1-18-7-3-6-15-4-2-5-16(17(15)18)10-14(11-18)12-20-9-8-19-13-20/h2,4-5,8-10,13H,3,6-7,11-12H2,1H3. The second kappa shape index (κ2) is 4.34. The summed E-state index contributed by atoms with van der Waals surface area (Å²) in [6, 6.07) is 6.83. The van der Waals surface area contributed by atoms with Crippen LogP contribution in [0.4, 0.5) is 0 Å². The largest absolute Gasteiger partial charge is 0.333 e. The summed E-state index contributed by atoms with van der Waals surface area (Å²) >= 11 is 0. The second-order valence-corrected chi connectivity index (χ2v) is 6.51. The van der Waals surface area contributed by atoms with E-state index in [-0.39, 0.29) is 0 Å². The number of hydrogen-bond donors (Lipinski definition) is 0. The first kappa shape index (κ1) is 12.0. The minimum atomic E-state index is 0.342. The summed E-state index contributed by atoms with van der Waals surface area (Å²) in [6.45, 7) is 3.43. The minimum Gasteiger partial charge on any atom is -0.333 e. The van der Waals surface area contributed by atoms with Crippen LogP contribution in [0.2, 0.25) is 0 Å². The lowest BCUT2D eigenvalue weighted by molar-refractivity contribution is 0.380. The highest BCUT2D eigenvalue weighted by Gasteiger charge is 2.36. The van der Waals surface area contributed by atoms with E-state index in [1.807, 2.05) is 12.5 Å². The van der Waals surface area contributed by atoms with Crippen molar-refractivity contribution in [2.24, 2.45) is 0 Å². The second-order valence-electron chi connectivity index (χ2n) is 6.51. The molecule has 1 heterocycles. The summed E-state index contributed by atoms with van der Waals surface area (Å²) in [5.74, 6) is 0. The zero-order valence-corrected chi connectivity index (χ0v) is 12.0. The van der Waals surface area contributed by atoms with Crippen LogP contribution in [-0.4, -0.2) is 9.55 Å². The fourth-order valence-corrected chi connectivity index (χ4v) is 4.14. The normalized spacial score (nSPS) is 24.1. The molecule has 2 heteroatoms. The lowest BCUT2D eigenvalue weighted by Gasteiger charge is -2.41. The fraction of sp³-hybridized carbons (Fsp3) is 0.389. The van der Waals surface area contributed by atoms with E-state index in [1.165, 1.54) is 36.8 Å². The van der Waals surface area contributed by atoms with Gasteiger partial charge in [-0.2, -0.15) is 0 Å². The molecule has 20 heavy (non-hydrogen) atoms. The van der Waals surface area contributed by atoms with E-state index < -0.39 is 0 Å². The molecular formula is C18H20N2. The van der Waals surface area contributed by atoms with Crippen LogP contribution in [0.5, 0.6) is 0 Å². The van der Waals surface area contributed by atoms with Gasteiger partial charge < -0.3 is 4.57 Å². The average molecular weight is 264 g/mol. The van der Waals surface area contributed by atoms with Gasteiger partial charge in [0.1, 0.15) is 0 Å². The van der Waals surface area contributed by atoms with Crippen LogP contribution in [0.3, 0.4) is 0 Å². The molecule has 2 aliphatic rings. The first-order chi connectivity index (χ1) is 9.74. The molecule has 0 radical (unpaired) electrons. The van der Waals surface area contributed by atoms with E-state index in [4.69, 9.17) is 0 Å². The molecule has 1 atom stereocenters. The summed E-state index contributed by atoms with van der Waals surface area (Å²) < 4.78 is 2.17. The van der Waals surface area contributed by atoms with E-state index in [0.29, 0.717) is 5.41 Å². The molecule has 0 aliphatic heterocycles. The first-order valence-corrected chi connectivity index (χ1v) is 7.52. The van der Waals surface area contributed by atoms with Gasteiger partial charge in [-0.25, -0.2) is 4.98 Å². The molecule has 0 N–H and O–H groups in total.